The van der Waals surface area contributed by atoms with Crippen LogP contribution in [-0.4, -0.2) is 15.0 Å². The fraction of sp³-hybridized carbons (Fsp3) is 0.0600. The highest BCUT2D eigenvalue weighted by Crippen LogP contribution is 2.52. The van der Waals surface area contributed by atoms with Crippen LogP contribution in [0.4, 0.5) is 0 Å². The fourth-order valence-electron chi connectivity index (χ4n) is 8.30. The van der Waals surface area contributed by atoms with Gasteiger partial charge >= 0.3 is 0 Å². The van der Waals surface area contributed by atoms with Crippen molar-refractivity contribution in [1.29, 1.82) is 0 Å². The molecular formula is C50H35N3. The minimum Gasteiger partial charge on any atom is -0.264 e. The number of nitrogens with zero attached hydrogens (tertiary/aromatic N) is 3. The van der Waals surface area contributed by atoms with E-state index >= 15 is 0 Å². The standard InChI is InChI=1S/C50H35N3/c1-50(2)44-25-22-35(29-43(44)48-39-18-7-6-12-32(39)21-26-45(48)50)38-23-24-42(41-20-9-8-19-40(38)41)49-52-46(33-13-4-3-5-14-33)30-47(53-49)36-16-10-15-34(28-36)37-17-11-27-51-31-37/h3-31H,1-2H3. The van der Waals surface area contributed by atoms with E-state index in [2.05, 4.69) is 170 Å². The van der Waals surface area contributed by atoms with Crippen molar-refractivity contribution in [1.82, 2.24) is 15.0 Å². The molecule has 3 heteroatoms. The molecule has 0 atom stereocenters. The second-order valence-corrected chi connectivity index (χ2v) is 14.5. The number of hydrogen-bond acceptors (Lipinski definition) is 3. The van der Waals surface area contributed by atoms with Crippen LogP contribution in [0.25, 0.3) is 88.8 Å². The van der Waals surface area contributed by atoms with Gasteiger partial charge in [-0.1, -0.05) is 147 Å². The second-order valence-electron chi connectivity index (χ2n) is 14.5. The van der Waals surface area contributed by atoms with Crippen LogP contribution < -0.4 is 0 Å². The largest absolute Gasteiger partial charge is 0.264 e. The van der Waals surface area contributed by atoms with Gasteiger partial charge in [0.05, 0.1) is 11.4 Å². The summed E-state index contributed by atoms with van der Waals surface area (Å²) in [6.45, 7) is 4.70. The molecule has 3 nitrogen and oxygen atoms in total. The molecule has 53 heavy (non-hydrogen) atoms. The van der Waals surface area contributed by atoms with Gasteiger partial charge < -0.3 is 0 Å². The highest BCUT2D eigenvalue weighted by molar-refractivity contribution is 6.07. The third-order valence-corrected chi connectivity index (χ3v) is 11.0. The van der Waals surface area contributed by atoms with E-state index in [-0.39, 0.29) is 5.41 Å². The molecule has 0 unspecified atom stereocenters. The van der Waals surface area contributed by atoms with Gasteiger partial charge in [0, 0.05) is 40.1 Å². The Labute approximate surface area is 309 Å². The minimum absolute atomic E-state index is 0.0739. The first kappa shape index (κ1) is 31.1. The number of fused-ring (bicyclic) bond motifs is 6. The molecule has 10 rings (SSSR count). The van der Waals surface area contributed by atoms with Gasteiger partial charge in [-0.15, -0.1) is 0 Å². The number of pyridine rings is 1. The highest BCUT2D eigenvalue weighted by atomic mass is 14.9. The zero-order valence-electron chi connectivity index (χ0n) is 29.6. The SMILES string of the molecule is CC1(C)c2ccc(-c3ccc(-c4nc(-c5ccccc5)cc(-c5cccc(-c6cccnc6)c5)n4)c4ccccc34)cc2-c2c1ccc1ccccc21. The lowest BCUT2D eigenvalue weighted by Crippen LogP contribution is -2.14. The molecule has 0 aliphatic heterocycles. The van der Waals surface area contributed by atoms with E-state index in [1.54, 1.807) is 6.20 Å². The zero-order valence-corrected chi connectivity index (χ0v) is 29.6. The first-order valence-corrected chi connectivity index (χ1v) is 18.2. The molecule has 2 aromatic heterocycles. The molecule has 0 fully saturated rings. The van der Waals surface area contributed by atoms with Crippen molar-refractivity contribution in [2.45, 2.75) is 19.3 Å². The molecule has 250 valence electrons. The van der Waals surface area contributed by atoms with Gasteiger partial charge in [0.25, 0.3) is 0 Å². The van der Waals surface area contributed by atoms with Crippen LogP contribution in [0.5, 0.6) is 0 Å². The summed E-state index contributed by atoms with van der Waals surface area (Å²) in [5.74, 6) is 0.701. The third kappa shape index (κ3) is 5.16. The van der Waals surface area contributed by atoms with Gasteiger partial charge in [0.15, 0.2) is 5.82 Å². The smallest absolute Gasteiger partial charge is 0.161 e. The van der Waals surface area contributed by atoms with Crippen LogP contribution in [0.3, 0.4) is 0 Å². The van der Waals surface area contributed by atoms with Crippen LogP contribution in [0.1, 0.15) is 25.0 Å². The quantitative estimate of drug-likeness (QED) is 0.182. The maximum Gasteiger partial charge on any atom is 0.161 e. The average molecular weight is 678 g/mol. The zero-order chi connectivity index (χ0) is 35.5. The minimum atomic E-state index is -0.0739. The third-order valence-electron chi connectivity index (χ3n) is 11.0. The van der Waals surface area contributed by atoms with Crippen LogP contribution in [0.15, 0.2) is 176 Å². The van der Waals surface area contributed by atoms with Crippen molar-refractivity contribution in [3.05, 3.63) is 187 Å². The van der Waals surface area contributed by atoms with Crippen molar-refractivity contribution in [3.8, 4) is 67.3 Å². The Hall–Kier alpha value is -6.71. The second kappa shape index (κ2) is 12.2. The van der Waals surface area contributed by atoms with Crippen LogP contribution in [0.2, 0.25) is 0 Å². The van der Waals surface area contributed by atoms with E-state index < -0.39 is 0 Å². The van der Waals surface area contributed by atoms with Gasteiger partial charge in [0.2, 0.25) is 0 Å². The monoisotopic (exact) mass is 677 g/mol. The maximum absolute atomic E-state index is 5.28. The molecule has 0 saturated carbocycles. The Morgan fingerprint density at radius 1 is 0.415 bits per heavy atom. The molecule has 2 heterocycles. The Bertz CT molecular complexity index is 2860. The Kier molecular flexibility index (Phi) is 7.16. The number of rotatable bonds is 5. The lowest BCUT2D eigenvalue weighted by atomic mass is 9.81. The summed E-state index contributed by atoms with van der Waals surface area (Å²) < 4.78 is 0. The van der Waals surface area contributed by atoms with Crippen LogP contribution in [0, 0.1) is 0 Å². The molecule has 1 aliphatic carbocycles. The molecule has 1 aliphatic rings. The van der Waals surface area contributed by atoms with Crippen LogP contribution >= 0.6 is 0 Å². The van der Waals surface area contributed by atoms with Crippen molar-refractivity contribution >= 4 is 21.5 Å². The molecule has 0 bridgehead atoms. The van der Waals surface area contributed by atoms with Crippen molar-refractivity contribution < 1.29 is 0 Å². The molecule has 0 saturated heterocycles. The topological polar surface area (TPSA) is 38.7 Å². The van der Waals surface area contributed by atoms with Gasteiger partial charge in [-0.2, -0.15) is 0 Å². The summed E-state index contributed by atoms with van der Waals surface area (Å²) in [5.41, 5.74) is 14.8. The summed E-state index contributed by atoms with van der Waals surface area (Å²) in [6.07, 6.45) is 3.70. The Morgan fingerprint density at radius 3 is 1.89 bits per heavy atom. The molecule has 0 spiro atoms. The maximum atomic E-state index is 5.28. The Morgan fingerprint density at radius 2 is 1.08 bits per heavy atom. The average Bonchev–Trinajstić information content (AvgIpc) is 3.46. The number of hydrogen-bond donors (Lipinski definition) is 0. The van der Waals surface area contributed by atoms with Crippen molar-refractivity contribution in [2.24, 2.45) is 0 Å². The van der Waals surface area contributed by atoms with Gasteiger partial charge in [0.1, 0.15) is 0 Å². The molecular weight excluding hydrogens is 643 g/mol. The number of aromatic nitrogens is 3. The molecule has 0 N–H and O–H groups in total. The van der Waals surface area contributed by atoms with Gasteiger partial charge in [-0.3, -0.25) is 4.98 Å². The van der Waals surface area contributed by atoms with Crippen LogP contribution in [-0.2, 0) is 5.41 Å². The molecule has 0 amide bonds. The molecule has 7 aromatic carbocycles. The van der Waals surface area contributed by atoms with Crippen molar-refractivity contribution in [3.63, 3.8) is 0 Å². The lowest BCUT2D eigenvalue weighted by Gasteiger charge is -2.21. The summed E-state index contributed by atoms with van der Waals surface area (Å²) in [6, 6.07) is 58.6. The molecule has 0 radical (unpaired) electrons. The van der Waals surface area contributed by atoms with Gasteiger partial charge in [-0.25, -0.2) is 9.97 Å². The first-order chi connectivity index (χ1) is 26.0. The summed E-state index contributed by atoms with van der Waals surface area (Å²) in [7, 11) is 0. The normalized spacial score (nSPS) is 12.9. The van der Waals surface area contributed by atoms with E-state index in [4.69, 9.17) is 9.97 Å². The summed E-state index contributed by atoms with van der Waals surface area (Å²) in [4.78, 5) is 14.9. The fourth-order valence-corrected chi connectivity index (χ4v) is 8.30. The van der Waals surface area contributed by atoms with E-state index in [9.17, 15) is 0 Å². The summed E-state index contributed by atoms with van der Waals surface area (Å²) in [5, 5.41) is 4.88. The van der Waals surface area contributed by atoms with Gasteiger partial charge in [-0.05, 0) is 90.8 Å². The Balaban J connectivity index is 1.14. The lowest BCUT2D eigenvalue weighted by molar-refractivity contribution is 0.661. The highest BCUT2D eigenvalue weighted by Gasteiger charge is 2.36. The van der Waals surface area contributed by atoms with E-state index in [1.165, 1.54) is 49.5 Å². The number of benzene rings is 7. The predicted octanol–water partition coefficient (Wildman–Crippen LogP) is 12.8. The predicted molar refractivity (Wildman–Crippen MR) is 220 cm³/mol. The van der Waals surface area contributed by atoms with E-state index in [0.717, 1.165) is 44.6 Å². The molecule has 9 aromatic rings. The van der Waals surface area contributed by atoms with E-state index in [1.807, 2.05) is 18.3 Å². The summed E-state index contributed by atoms with van der Waals surface area (Å²) >= 11 is 0. The van der Waals surface area contributed by atoms with Crippen molar-refractivity contribution in [2.75, 3.05) is 0 Å². The first-order valence-electron chi connectivity index (χ1n) is 18.2. The van der Waals surface area contributed by atoms with E-state index in [0.29, 0.717) is 5.82 Å².